The Balaban J connectivity index is 0.000000583. The van der Waals surface area contributed by atoms with Crippen LogP contribution in [0.1, 0.15) is 36.0 Å². The number of carboxylic acid groups (broad SMARTS) is 1. The van der Waals surface area contributed by atoms with Gasteiger partial charge in [0.2, 0.25) is 11.0 Å². The lowest BCUT2D eigenvalue weighted by Crippen LogP contribution is -2.39. The van der Waals surface area contributed by atoms with Crippen LogP contribution in [0, 0.1) is 0 Å². The predicted molar refractivity (Wildman–Crippen MR) is 157 cm³/mol. The van der Waals surface area contributed by atoms with E-state index >= 15 is 0 Å². The molecule has 0 aliphatic heterocycles. The third-order valence-electron chi connectivity index (χ3n) is 6.45. The summed E-state index contributed by atoms with van der Waals surface area (Å²) in [6.07, 6.45) is 1.24. The van der Waals surface area contributed by atoms with Crippen LogP contribution in [0.2, 0.25) is 0 Å². The molecule has 0 aliphatic carbocycles. The molecule has 236 valence electrons. The van der Waals surface area contributed by atoms with E-state index in [0.717, 1.165) is 19.8 Å². The van der Waals surface area contributed by atoms with Gasteiger partial charge in [-0.25, -0.2) is 21.1 Å². The van der Waals surface area contributed by atoms with Gasteiger partial charge in [0, 0.05) is 29.6 Å². The predicted octanol–water partition coefficient (Wildman–Crippen LogP) is 5.11. The fraction of sp³-hybridized carbons (Fsp3) is 0.250. The molecule has 44 heavy (non-hydrogen) atoms. The topological polar surface area (TPSA) is 153 Å². The van der Waals surface area contributed by atoms with Gasteiger partial charge in [0.05, 0.1) is 21.2 Å². The van der Waals surface area contributed by atoms with Gasteiger partial charge in [-0.1, -0.05) is 46.6 Å². The normalized spacial score (nSPS) is 12.0. The quantitative estimate of drug-likeness (QED) is 0.0824. The van der Waals surface area contributed by atoms with Crippen molar-refractivity contribution in [2.75, 3.05) is 6.54 Å². The second-order valence-corrected chi connectivity index (χ2v) is 13.6. The van der Waals surface area contributed by atoms with Crippen molar-refractivity contribution >= 4 is 69.8 Å². The van der Waals surface area contributed by atoms with Gasteiger partial charge in [-0.2, -0.15) is 17.7 Å². The standard InChI is InChI=1S/C27H25BrN2O5S.CHF3O3S/c1-29-23-11-6-4-9-21(23)26(22-10-5-7-12-24(22)29)27(33)30(18-8-2-3-13-25(31)32)36(34,35)20-16-14-19(28)15-17-20;2-1(3,4)8(5,6)7/h4-7,9-12,14-17H,2-3,8,13,18H2,1H3;(H,5,6,7). The van der Waals surface area contributed by atoms with Crippen LogP contribution in [0.5, 0.6) is 0 Å². The molecular weight excluding hydrogens is 693 g/mol. The number of hydrogen-bond acceptors (Lipinski definition) is 7. The van der Waals surface area contributed by atoms with Gasteiger partial charge in [0.1, 0.15) is 7.05 Å². The lowest BCUT2D eigenvalue weighted by molar-refractivity contribution is -0.617. The Labute approximate surface area is 259 Å². The highest BCUT2D eigenvalue weighted by atomic mass is 79.9. The Hall–Kier alpha value is -3.60. The monoisotopic (exact) mass is 718 g/mol. The van der Waals surface area contributed by atoms with E-state index < -0.39 is 37.5 Å². The van der Waals surface area contributed by atoms with Gasteiger partial charge in [0.25, 0.3) is 15.9 Å². The highest BCUT2D eigenvalue weighted by Crippen LogP contribution is 2.29. The number of hydrogen-bond donors (Lipinski definition) is 1. The van der Waals surface area contributed by atoms with Crippen LogP contribution < -0.4 is 4.57 Å². The number of unbranched alkanes of at least 4 members (excludes halogenated alkanes) is 2. The molecule has 10 nitrogen and oxygen atoms in total. The zero-order valence-corrected chi connectivity index (χ0v) is 26.2. The smallest absolute Gasteiger partial charge is 0.485 e. The Morgan fingerprint density at radius 3 is 1.80 bits per heavy atom. The van der Waals surface area contributed by atoms with Crippen molar-refractivity contribution in [3.05, 3.63) is 82.8 Å². The van der Waals surface area contributed by atoms with E-state index in [1.807, 2.05) is 60.1 Å². The highest BCUT2D eigenvalue weighted by molar-refractivity contribution is 9.10. The molecule has 3 aromatic carbocycles. The second kappa shape index (κ2) is 14.0. The first-order chi connectivity index (χ1) is 20.5. The number of nitrogens with zero attached hydrogens (tertiary/aromatic N) is 2. The van der Waals surface area contributed by atoms with Crippen LogP contribution >= 0.6 is 15.9 Å². The number of carbonyl (C=O) groups is 2. The average molecular weight is 720 g/mol. The fourth-order valence-electron chi connectivity index (χ4n) is 4.36. The molecular formula is C28H26BrF3N2O8S2. The van der Waals surface area contributed by atoms with Crippen molar-refractivity contribution < 1.29 is 53.8 Å². The number of benzene rings is 3. The molecule has 0 saturated heterocycles. The maximum absolute atomic E-state index is 14.2. The first kappa shape index (κ1) is 34.9. The summed E-state index contributed by atoms with van der Waals surface area (Å²) in [7, 11) is -8.35. The number of fused-ring (bicyclic) bond motifs is 2. The second-order valence-electron chi connectivity index (χ2n) is 9.41. The number of pyridine rings is 1. The zero-order chi connectivity index (χ0) is 32.9. The maximum Gasteiger partial charge on any atom is 0.485 e. The molecule has 1 aromatic heterocycles. The molecule has 0 radical (unpaired) electrons. The number of para-hydroxylation sites is 2. The Kier molecular flexibility index (Phi) is 11.1. The summed E-state index contributed by atoms with van der Waals surface area (Å²) in [6.45, 7) is -0.0550. The van der Waals surface area contributed by atoms with Gasteiger partial charge in [0.15, 0.2) is 10.1 Å². The van der Waals surface area contributed by atoms with Gasteiger partial charge < -0.3 is 9.66 Å². The van der Waals surface area contributed by atoms with Crippen molar-refractivity contribution in [3.8, 4) is 0 Å². The number of aliphatic carboxylic acids is 1. The third kappa shape index (κ3) is 8.11. The van der Waals surface area contributed by atoms with Crippen molar-refractivity contribution in [3.63, 3.8) is 0 Å². The van der Waals surface area contributed by atoms with Crippen LogP contribution in [0.4, 0.5) is 13.2 Å². The van der Waals surface area contributed by atoms with E-state index in [0.29, 0.717) is 35.6 Å². The number of alkyl halides is 3. The molecule has 0 aliphatic rings. The Morgan fingerprint density at radius 1 is 0.864 bits per heavy atom. The van der Waals surface area contributed by atoms with Gasteiger partial charge in [-0.3, -0.25) is 9.59 Å². The number of sulfonamides is 1. The number of rotatable bonds is 9. The number of aryl methyl sites for hydroxylation is 1. The summed E-state index contributed by atoms with van der Waals surface area (Å²) in [5.74, 6) is -1.51. The first-order valence-corrected chi connectivity index (χ1v) is 16.5. The van der Waals surface area contributed by atoms with Crippen LogP contribution in [0.3, 0.4) is 0 Å². The molecule has 1 N–H and O–H groups in total. The maximum atomic E-state index is 14.2. The average Bonchev–Trinajstić information content (AvgIpc) is 2.94. The van der Waals surface area contributed by atoms with E-state index in [9.17, 15) is 31.2 Å². The molecule has 16 heteroatoms. The summed E-state index contributed by atoms with van der Waals surface area (Å²) in [6, 6.07) is 21.0. The van der Waals surface area contributed by atoms with Crippen molar-refractivity contribution in [1.82, 2.24) is 4.31 Å². The summed E-state index contributed by atoms with van der Waals surface area (Å²) in [4.78, 5) is 25.1. The Morgan fingerprint density at radius 2 is 1.34 bits per heavy atom. The third-order valence-corrected chi connectivity index (χ3v) is 9.34. The minimum absolute atomic E-state index is 0.00211. The molecule has 1 heterocycles. The van der Waals surface area contributed by atoms with E-state index in [-0.39, 0.29) is 17.9 Å². The number of aromatic nitrogens is 1. The first-order valence-electron chi connectivity index (χ1n) is 12.8. The lowest BCUT2D eigenvalue weighted by Gasteiger charge is -2.24. The van der Waals surface area contributed by atoms with Crippen LogP contribution in [0.25, 0.3) is 21.8 Å². The van der Waals surface area contributed by atoms with Crippen molar-refractivity contribution in [2.24, 2.45) is 7.05 Å². The summed E-state index contributed by atoms with van der Waals surface area (Å²) in [5.41, 5.74) is -3.71. The van der Waals surface area contributed by atoms with Gasteiger partial charge in [-0.05, 0) is 49.2 Å². The van der Waals surface area contributed by atoms with Crippen molar-refractivity contribution in [1.29, 1.82) is 0 Å². The molecule has 4 rings (SSSR count). The van der Waals surface area contributed by atoms with Gasteiger partial charge >= 0.3 is 11.5 Å². The summed E-state index contributed by atoms with van der Waals surface area (Å²) in [5, 5.41) is 10.2. The lowest BCUT2D eigenvalue weighted by atomic mass is 10.0. The summed E-state index contributed by atoms with van der Waals surface area (Å²) >= 11 is 3.32. The SMILES string of the molecule is C[n+]1c2ccccc2c(C(=O)N(CCCCCC(=O)O)S(=O)(=O)c2ccc(Br)cc2)c2ccccc21.O=S(=O)([O-])C(F)(F)F. The minimum atomic E-state index is -6.09. The van der Waals surface area contributed by atoms with Gasteiger partial charge in [-0.15, -0.1) is 0 Å². The number of amides is 1. The van der Waals surface area contributed by atoms with E-state index in [2.05, 4.69) is 15.9 Å². The van der Waals surface area contributed by atoms with E-state index in [1.165, 1.54) is 12.1 Å². The van der Waals surface area contributed by atoms with Crippen LogP contribution in [0.15, 0.2) is 82.2 Å². The largest absolute Gasteiger partial charge is 0.741 e. The number of halogens is 4. The minimum Gasteiger partial charge on any atom is -0.741 e. The Bertz CT molecular complexity index is 1840. The summed E-state index contributed by atoms with van der Waals surface area (Å²) < 4.78 is 90.1. The molecule has 0 unspecified atom stereocenters. The molecule has 0 spiro atoms. The number of carboxylic acids is 1. The van der Waals surface area contributed by atoms with Crippen molar-refractivity contribution in [2.45, 2.75) is 36.1 Å². The molecule has 0 bridgehead atoms. The highest BCUT2D eigenvalue weighted by Gasteiger charge is 2.37. The van der Waals surface area contributed by atoms with Crippen LogP contribution in [-0.2, 0) is 32.0 Å². The fourth-order valence-corrected chi connectivity index (χ4v) is 6.04. The molecule has 0 atom stereocenters. The zero-order valence-electron chi connectivity index (χ0n) is 23.0. The molecule has 1 amide bonds. The van der Waals surface area contributed by atoms with Crippen LogP contribution in [-0.4, -0.2) is 54.7 Å². The van der Waals surface area contributed by atoms with E-state index in [4.69, 9.17) is 18.1 Å². The molecule has 0 fully saturated rings. The molecule has 4 aromatic rings. The molecule has 0 saturated carbocycles. The van der Waals surface area contributed by atoms with E-state index in [1.54, 1.807) is 12.1 Å². The number of carbonyl (C=O) groups excluding carboxylic acids is 1.